The minimum absolute atomic E-state index is 0.136. The number of anilines is 1. The van der Waals surface area contributed by atoms with Crippen molar-refractivity contribution in [3.63, 3.8) is 0 Å². The molecule has 138 valence electrons. The van der Waals surface area contributed by atoms with Gasteiger partial charge in [-0.05, 0) is 42.0 Å². The average molecular weight is 387 g/mol. The summed E-state index contributed by atoms with van der Waals surface area (Å²) < 4.78 is 18.7. The van der Waals surface area contributed by atoms with E-state index in [1.807, 2.05) is 0 Å². The quantitative estimate of drug-likeness (QED) is 0.667. The zero-order chi connectivity index (χ0) is 19.2. The van der Waals surface area contributed by atoms with Gasteiger partial charge in [0.2, 0.25) is 5.91 Å². The Kier molecular flexibility index (Phi) is 5.88. The molecule has 0 radical (unpaired) electrons. The third kappa shape index (κ3) is 4.95. The number of halogens is 2. The van der Waals surface area contributed by atoms with E-state index >= 15 is 0 Å². The highest BCUT2D eigenvalue weighted by molar-refractivity contribution is 6.31. The van der Waals surface area contributed by atoms with E-state index < -0.39 is 5.82 Å². The summed E-state index contributed by atoms with van der Waals surface area (Å²) in [5, 5.41) is 5.65. The minimum Gasteiger partial charge on any atom is -0.459 e. The van der Waals surface area contributed by atoms with E-state index in [0.29, 0.717) is 5.69 Å². The van der Waals surface area contributed by atoms with Gasteiger partial charge in [-0.25, -0.2) is 4.39 Å². The van der Waals surface area contributed by atoms with Crippen LogP contribution in [0.3, 0.4) is 0 Å². The third-order valence-corrected chi connectivity index (χ3v) is 4.20. The minimum atomic E-state index is -0.505. The van der Waals surface area contributed by atoms with Gasteiger partial charge in [0, 0.05) is 22.8 Å². The van der Waals surface area contributed by atoms with Gasteiger partial charge in [0.05, 0.1) is 12.7 Å². The maximum atomic E-state index is 13.7. The highest BCUT2D eigenvalue weighted by atomic mass is 35.5. The van der Waals surface area contributed by atoms with Gasteiger partial charge < -0.3 is 15.1 Å². The van der Waals surface area contributed by atoms with E-state index in [1.54, 1.807) is 42.5 Å². The molecule has 0 spiro atoms. The molecule has 0 atom stereocenters. The summed E-state index contributed by atoms with van der Waals surface area (Å²) >= 11 is 5.93. The van der Waals surface area contributed by atoms with Crippen molar-refractivity contribution in [1.82, 2.24) is 5.32 Å². The van der Waals surface area contributed by atoms with Gasteiger partial charge >= 0.3 is 0 Å². The molecule has 0 bridgehead atoms. The van der Waals surface area contributed by atoms with E-state index in [2.05, 4.69) is 10.6 Å². The van der Waals surface area contributed by atoms with Crippen LogP contribution in [-0.2, 0) is 17.8 Å². The summed E-state index contributed by atoms with van der Waals surface area (Å²) in [5.74, 6) is -0.965. The molecule has 0 aliphatic heterocycles. The van der Waals surface area contributed by atoms with Crippen LogP contribution in [0.2, 0.25) is 5.02 Å². The molecule has 3 aromatic rings. The van der Waals surface area contributed by atoms with E-state index in [9.17, 15) is 14.0 Å². The first-order valence-electron chi connectivity index (χ1n) is 8.16. The molecule has 2 amide bonds. The van der Waals surface area contributed by atoms with E-state index in [4.69, 9.17) is 16.0 Å². The molecule has 2 aromatic carbocycles. The van der Waals surface area contributed by atoms with Crippen LogP contribution >= 0.6 is 11.6 Å². The molecule has 1 heterocycles. The summed E-state index contributed by atoms with van der Waals surface area (Å²) in [6.45, 7) is 0.275. The molecule has 0 aliphatic rings. The van der Waals surface area contributed by atoms with Crippen LogP contribution in [0.25, 0.3) is 0 Å². The maximum Gasteiger partial charge on any atom is 0.291 e. The first-order valence-corrected chi connectivity index (χ1v) is 8.54. The molecule has 7 heteroatoms. The van der Waals surface area contributed by atoms with Gasteiger partial charge in [-0.2, -0.15) is 0 Å². The smallest absolute Gasteiger partial charge is 0.291 e. The summed E-state index contributed by atoms with van der Waals surface area (Å²) in [6.07, 6.45) is 1.29. The van der Waals surface area contributed by atoms with Crippen molar-refractivity contribution in [2.24, 2.45) is 0 Å². The zero-order valence-electron chi connectivity index (χ0n) is 14.2. The Morgan fingerprint density at radius 3 is 2.48 bits per heavy atom. The molecule has 3 rings (SSSR count). The molecule has 0 saturated carbocycles. The first kappa shape index (κ1) is 18.7. The molecule has 0 aliphatic carbocycles. The van der Waals surface area contributed by atoms with Crippen LogP contribution in [0.4, 0.5) is 10.1 Å². The summed E-state index contributed by atoms with van der Waals surface area (Å²) in [5.41, 5.74) is 1.61. The number of amides is 2. The number of benzene rings is 2. The molecule has 5 nitrogen and oxygen atoms in total. The summed E-state index contributed by atoms with van der Waals surface area (Å²) in [7, 11) is 0. The summed E-state index contributed by atoms with van der Waals surface area (Å²) in [4.78, 5) is 23.9. The van der Waals surface area contributed by atoms with Gasteiger partial charge in [0.25, 0.3) is 5.91 Å². The van der Waals surface area contributed by atoms with Crippen molar-refractivity contribution in [1.29, 1.82) is 0 Å². The maximum absolute atomic E-state index is 13.7. The highest BCUT2D eigenvalue weighted by Gasteiger charge is 2.12. The third-order valence-electron chi connectivity index (χ3n) is 3.85. The predicted octanol–water partition coefficient (Wildman–Crippen LogP) is 4.18. The van der Waals surface area contributed by atoms with Gasteiger partial charge in [-0.15, -0.1) is 0 Å². The molecule has 1 aromatic heterocycles. The molecular formula is C20H16ClFN2O3. The molecule has 0 fully saturated rings. The van der Waals surface area contributed by atoms with E-state index in [0.717, 1.165) is 5.56 Å². The van der Waals surface area contributed by atoms with Crippen molar-refractivity contribution in [3.8, 4) is 0 Å². The van der Waals surface area contributed by atoms with E-state index in [1.165, 1.54) is 18.4 Å². The van der Waals surface area contributed by atoms with E-state index in [-0.39, 0.29) is 41.1 Å². The Hall–Kier alpha value is -3.12. The van der Waals surface area contributed by atoms with Crippen LogP contribution in [0.5, 0.6) is 0 Å². The Labute approximate surface area is 160 Å². The largest absolute Gasteiger partial charge is 0.459 e. The van der Waals surface area contributed by atoms with Crippen LogP contribution < -0.4 is 10.6 Å². The molecular weight excluding hydrogens is 371 g/mol. The number of hydrogen-bond donors (Lipinski definition) is 2. The predicted molar refractivity (Wildman–Crippen MR) is 100 cm³/mol. The van der Waals surface area contributed by atoms with Gasteiger partial charge in [-0.1, -0.05) is 29.8 Å². The molecule has 0 unspecified atom stereocenters. The first-order chi connectivity index (χ1) is 13.0. The number of hydrogen-bond acceptors (Lipinski definition) is 3. The molecule has 27 heavy (non-hydrogen) atoms. The molecule has 2 N–H and O–H groups in total. The number of rotatable bonds is 6. The number of furan rings is 1. The second-order valence-corrected chi connectivity index (χ2v) is 6.19. The Bertz CT molecular complexity index is 920. The highest BCUT2D eigenvalue weighted by Crippen LogP contribution is 2.19. The molecule has 0 saturated heterocycles. The van der Waals surface area contributed by atoms with Crippen LogP contribution in [0, 0.1) is 5.82 Å². The number of carbonyl (C=O) groups excluding carboxylic acids is 2. The number of carbonyl (C=O) groups is 2. The lowest BCUT2D eigenvalue weighted by atomic mass is 10.1. The van der Waals surface area contributed by atoms with Gasteiger partial charge in [0.15, 0.2) is 5.76 Å². The topological polar surface area (TPSA) is 71.3 Å². The average Bonchev–Trinajstić information content (AvgIpc) is 3.19. The van der Waals surface area contributed by atoms with Crippen molar-refractivity contribution in [2.45, 2.75) is 13.0 Å². The summed E-state index contributed by atoms with van der Waals surface area (Å²) in [6, 6.07) is 14.5. The lowest BCUT2D eigenvalue weighted by Crippen LogP contribution is -2.25. The van der Waals surface area contributed by atoms with Crippen LogP contribution in [0.1, 0.15) is 21.7 Å². The zero-order valence-corrected chi connectivity index (χ0v) is 14.9. The SMILES string of the molecule is O=C(Cc1c(F)cccc1Cl)NCc1ccc(NC(=O)c2ccco2)cc1. The van der Waals surface area contributed by atoms with Gasteiger partial charge in [-0.3, -0.25) is 9.59 Å². The lowest BCUT2D eigenvalue weighted by molar-refractivity contribution is -0.120. The lowest BCUT2D eigenvalue weighted by Gasteiger charge is -2.09. The van der Waals surface area contributed by atoms with Crippen LogP contribution in [-0.4, -0.2) is 11.8 Å². The monoisotopic (exact) mass is 386 g/mol. The normalized spacial score (nSPS) is 10.4. The fourth-order valence-electron chi connectivity index (χ4n) is 2.43. The Morgan fingerprint density at radius 1 is 1.04 bits per heavy atom. The van der Waals surface area contributed by atoms with Crippen molar-refractivity contribution >= 4 is 29.1 Å². The second-order valence-electron chi connectivity index (χ2n) is 5.78. The van der Waals surface area contributed by atoms with Crippen molar-refractivity contribution in [2.75, 3.05) is 5.32 Å². The van der Waals surface area contributed by atoms with Crippen molar-refractivity contribution < 1.29 is 18.4 Å². The van der Waals surface area contributed by atoms with Crippen molar-refractivity contribution in [3.05, 3.63) is 88.6 Å². The Morgan fingerprint density at radius 2 is 1.81 bits per heavy atom. The number of nitrogens with one attached hydrogen (secondary N) is 2. The second kappa shape index (κ2) is 8.51. The standard InChI is InChI=1S/C20H16ClFN2O3/c21-16-3-1-4-17(22)15(16)11-19(25)23-12-13-6-8-14(9-7-13)24-20(26)18-5-2-10-27-18/h1-10H,11-12H2,(H,23,25)(H,24,26). The van der Waals surface area contributed by atoms with Gasteiger partial charge in [0.1, 0.15) is 5.82 Å². The fourth-order valence-corrected chi connectivity index (χ4v) is 2.66. The fraction of sp³-hybridized carbons (Fsp3) is 0.100. The Balaban J connectivity index is 1.52. The van der Waals surface area contributed by atoms with Crippen LogP contribution in [0.15, 0.2) is 65.3 Å².